The number of halogens is 4. The minimum atomic E-state index is -0.972. The number of methoxy groups -OCH3 is 1. The van der Waals surface area contributed by atoms with Crippen molar-refractivity contribution in [2.75, 3.05) is 25.7 Å². The predicted octanol–water partition coefficient (Wildman–Crippen LogP) is 7.10. The van der Waals surface area contributed by atoms with Crippen molar-refractivity contribution in [1.82, 2.24) is 10.3 Å². The van der Waals surface area contributed by atoms with E-state index < -0.39 is 29.6 Å². The quantitative estimate of drug-likeness (QED) is 0.171. The molecule has 0 saturated carbocycles. The molecule has 9 nitrogen and oxygen atoms in total. The van der Waals surface area contributed by atoms with Crippen molar-refractivity contribution in [1.29, 1.82) is 0 Å². The van der Waals surface area contributed by atoms with Gasteiger partial charge in [-0.3, -0.25) is 9.69 Å². The molecule has 0 radical (unpaired) electrons. The molecule has 0 unspecified atom stereocenters. The Hall–Kier alpha value is -2.36. The number of pyridine rings is 1. The number of benzene rings is 2. The molecule has 0 fully saturated rings. The number of esters is 1. The highest BCUT2D eigenvalue weighted by Crippen LogP contribution is 2.30. The summed E-state index contributed by atoms with van der Waals surface area (Å²) in [5.74, 6) is -0.0166. The second-order valence-corrected chi connectivity index (χ2v) is 13.5. The summed E-state index contributed by atoms with van der Waals surface area (Å²) in [6, 6.07) is 13.0. The van der Waals surface area contributed by atoms with Gasteiger partial charge in [0.25, 0.3) is 5.91 Å². The SMILES string of the molecule is COC(=O)[C@H](Cc1cc(I)c(OCCc2cccc(N(C)C(=O)OC(C)(C)C)n2)c(I)c1)NC(=O)c1c(Cl)cccc1Cl. The van der Waals surface area contributed by atoms with Crippen molar-refractivity contribution in [3.8, 4) is 5.75 Å². The second-order valence-electron chi connectivity index (χ2n) is 10.4. The van der Waals surface area contributed by atoms with Gasteiger partial charge in [0.2, 0.25) is 0 Å². The third-order valence-corrected chi connectivity index (χ3v) is 8.12. The van der Waals surface area contributed by atoms with Gasteiger partial charge in [0.1, 0.15) is 23.2 Å². The van der Waals surface area contributed by atoms with Crippen LogP contribution in [0.2, 0.25) is 10.0 Å². The lowest BCUT2D eigenvalue weighted by Crippen LogP contribution is -2.43. The topological polar surface area (TPSA) is 107 Å². The molecule has 1 aromatic heterocycles. The van der Waals surface area contributed by atoms with Gasteiger partial charge < -0.3 is 19.5 Å². The summed E-state index contributed by atoms with van der Waals surface area (Å²) in [7, 11) is 2.87. The van der Waals surface area contributed by atoms with Gasteiger partial charge in [0.05, 0.1) is 36.5 Å². The molecule has 0 aliphatic heterocycles. The molecule has 13 heteroatoms. The van der Waals surface area contributed by atoms with Gasteiger partial charge in [-0.25, -0.2) is 14.6 Å². The zero-order valence-electron chi connectivity index (χ0n) is 24.2. The van der Waals surface area contributed by atoms with Crippen LogP contribution in [0.15, 0.2) is 48.5 Å². The zero-order valence-corrected chi connectivity index (χ0v) is 30.0. The van der Waals surface area contributed by atoms with E-state index in [4.69, 9.17) is 37.4 Å². The van der Waals surface area contributed by atoms with Crippen molar-refractivity contribution in [2.45, 2.75) is 45.3 Å². The van der Waals surface area contributed by atoms with Gasteiger partial charge in [0, 0.05) is 25.6 Å². The molecule has 1 atom stereocenters. The fourth-order valence-corrected chi connectivity index (χ4v) is 6.64. The van der Waals surface area contributed by atoms with Crippen molar-refractivity contribution in [2.24, 2.45) is 0 Å². The van der Waals surface area contributed by atoms with Gasteiger partial charge in [0.15, 0.2) is 0 Å². The summed E-state index contributed by atoms with van der Waals surface area (Å²) in [5.41, 5.74) is 1.02. The highest BCUT2D eigenvalue weighted by atomic mass is 127. The molecular weight excluding hydrogens is 823 g/mol. The summed E-state index contributed by atoms with van der Waals surface area (Å²) in [4.78, 5) is 43.9. The van der Waals surface area contributed by atoms with Gasteiger partial charge in [-0.2, -0.15) is 0 Å². The molecule has 2 aromatic carbocycles. The van der Waals surface area contributed by atoms with Crippen molar-refractivity contribution >= 4 is 92.2 Å². The number of carbonyl (C=O) groups is 3. The number of anilines is 1. The van der Waals surface area contributed by atoms with E-state index in [1.807, 2.05) is 45.0 Å². The average Bonchev–Trinajstić information content (AvgIpc) is 2.92. The van der Waals surface area contributed by atoms with Crippen LogP contribution in [0.1, 0.15) is 42.4 Å². The summed E-state index contributed by atoms with van der Waals surface area (Å²) in [6.45, 7) is 5.77. The number of amides is 2. The van der Waals surface area contributed by atoms with Gasteiger partial charge in [-0.05, 0) is 108 Å². The number of hydrogen-bond acceptors (Lipinski definition) is 7. The van der Waals surface area contributed by atoms with Crippen LogP contribution in [-0.2, 0) is 27.1 Å². The number of carbonyl (C=O) groups excluding carboxylic acids is 3. The van der Waals surface area contributed by atoms with Crippen molar-refractivity contribution < 1.29 is 28.6 Å². The number of hydrogen-bond donors (Lipinski definition) is 1. The molecule has 43 heavy (non-hydrogen) atoms. The molecular formula is C30H31Cl2I2N3O6. The first-order chi connectivity index (χ1) is 20.2. The molecule has 1 heterocycles. The van der Waals surface area contributed by atoms with Crippen LogP contribution in [0.4, 0.5) is 10.6 Å². The zero-order chi connectivity index (χ0) is 31.9. The monoisotopic (exact) mass is 853 g/mol. The Kier molecular flexibility index (Phi) is 12.7. The van der Waals surface area contributed by atoms with Gasteiger partial charge >= 0.3 is 12.1 Å². The molecule has 230 valence electrons. The largest absolute Gasteiger partial charge is 0.491 e. The van der Waals surface area contributed by atoms with Crippen LogP contribution in [0.25, 0.3) is 0 Å². The van der Waals surface area contributed by atoms with Crippen molar-refractivity contribution in [3.63, 3.8) is 0 Å². The average molecular weight is 854 g/mol. The Morgan fingerprint density at radius 2 is 1.63 bits per heavy atom. The van der Waals surface area contributed by atoms with Crippen LogP contribution in [0.5, 0.6) is 5.75 Å². The van der Waals surface area contributed by atoms with Crippen molar-refractivity contribution in [3.05, 3.63) is 82.5 Å². The molecule has 1 N–H and O–H groups in total. The van der Waals surface area contributed by atoms with E-state index in [-0.39, 0.29) is 22.0 Å². The van der Waals surface area contributed by atoms with Crippen LogP contribution >= 0.6 is 68.4 Å². The Morgan fingerprint density at radius 3 is 2.21 bits per heavy atom. The standard InChI is InChI=1S/C30H31Cl2I2N3O6/c1-30(2,3)43-29(40)37(4)24-11-6-8-18(35-24)12-13-42-26-21(33)14-17(15-22(26)34)16-23(28(39)41-5)36-27(38)25-19(31)9-7-10-20(25)32/h6-11,14-15,23H,12-13,16H2,1-5H3,(H,36,38)/t23-/m0/s1. The van der Waals surface area contributed by atoms with E-state index in [1.54, 1.807) is 31.3 Å². The van der Waals surface area contributed by atoms with Crippen LogP contribution in [0.3, 0.4) is 0 Å². The number of ether oxygens (including phenoxy) is 3. The Balaban J connectivity index is 1.67. The Labute approximate surface area is 288 Å². The molecule has 0 aliphatic carbocycles. The van der Waals surface area contributed by atoms with Crippen LogP contribution in [-0.4, -0.2) is 55.4 Å². The maximum Gasteiger partial charge on any atom is 0.415 e. The maximum atomic E-state index is 12.9. The smallest absolute Gasteiger partial charge is 0.415 e. The predicted molar refractivity (Wildman–Crippen MR) is 183 cm³/mol. The lowest BCUT2D eigenvalue weighted by Gasteiger charge is -2.24. The minimum Gasteiger partial charge on any atom is -0.491 e. The highest BCUT2D eigenvalue weighted by Gasteiger charge is 2.26. The molecule has 0 bridgehead atoms. The molecule has 0 spiro atoms. The van der Waals surface area contributed by atoms with E-state index in [0.29, 0.717) is 24.6 Å². The molecule has 3 aromatic rings. The summed E-state index contributed by atoms with van der Waals surface area (Å²) >= 11 is 16.7. The Morgan fingerprint density at radius 1 is 1.02 bits per heavy atom. The first kappa shape index (κ1) is 35.1. The fraction of sp³-hybridized carbons (Fsp3) is 0.333. The third-order valence-electron chi connectivity index (χ3n) is 5.89. The van der Waals surface area contributed by atoms with E-state index in [9.17, 15) is 14.4 Å². The minimum absolute atomic E-state index is 0.0872. The van der Waals surface area contributed by atoms with E-state index in [1.165, 1.54) is 12.0 Å². The lowest BCUT2D eigenvalue weighted by molar-refractivity contribution is -0.142. The summed E-state index contributed by atoms with van der Waals surface area (Å²) in [6.07, 6.45) is 0.193. The van der Waals surface area contributed by atoms with Gasteiger partial charge in [-0.1, -0.05) is 35.3 Å². The first-order valence-corrected chi connectivity index (χ1v) is 16.0. The normalized spacial score (nSPS) is 11.8. The number of nitrogens with zero attached hydrogens (tertiary/aromatic N) is 2. The van der Waals surface area contributed by atoms with Crippen LogP contribution in [0, 0.1) is 7.14 Å². The number of aromatic nitrogens is 1. The maximum absolute atomic E-state index is 12.9. The first-order valence-electron chi connectivity index (χ1n) is 13.1. The highest BCUT2D eigenvalue weighted by molar-refractivity contribution is 14.1. The molecule has 3 rings (SSSR count). The molecule has 2 amide bonds. The third kappa shape index (κ3) is 10.1. The summed E-state index contributed by atoms with van der Waals surface area (Å²) < 4.78 is 18.1. The van der Waals surface area contributed by atoms with E-state index >= 15 is 0 Å². The molecule has 0 saturated heterocycles. The van der Waals surface area contributed by atoms with Gasteiger partial charge in [-0.15, -0.1) is 0 Å². The van der Waals surface area contributed by atoms with Crippen LogP contribution < -0.4 is 15.0 Å². The summed E-state index contributed by atoms with van der Waals surface area (Å²) in [5, 5.41) is 3.05. The number of nitrogens with one attached hydrogen (secondary N) is 1. The molecule has 0 aliphatic rings. The lowest BCUT2D eigenvalue weighted by atomic mass is 10.0. The number of rotatable bonds is 10. The second kappa shape index (κ2) is 15.6. The fourth-order valence-electron chi connectivity index (χ4n) is 3.86. The Bertz CT molecular complexity index is 1460. The van der Waals surface area contributed by atoms with E-state index in [0.717, 1.165) is 18.4 Å². The van der Waals surface area contributed by atoms with E-state index in [2.05, 4.69) is 55.5 Å².